The van der Waals surface area contributed by atoms with Crippen molar-refractivity contribution >= 4 is 0 Å². The Labute approximate surface area is 115 Å². The Bertz CT molecular complexity index is 400. The first-order valence-electron chi connectivity index (χ1n) is 7.37. The summed E-state index contributed by atoms with van der Waals surface area (Å²) >= 11 is 0. The SMILES string of the molecule is C[C@@H](NCc1ccc(O)c(F)c1)C1CCCCCC1. The number of nitrogens with one attached hydrogen (secondary N) is 1. The lowest BCUT2D eigenvalue weighted by molar-refractivity contribution is 0.336. The Balaban J connectivity index is 1.84. The number of phenolic OH excluding ortho intramolecular Hbond substituents is 1. The largest absolute Gasteiger partial charge is 0.505 e. The third kappa shape index (κ3) is 4.20. The van der Waals surface area contributed by atoms with Gasteiger partial charge < -0.3 is 10.4 Å². The molecule has 2 N–H and O–H groups in total. The highest BCUT2D eigenvalue weighted by atomic mass is 19.1. The minimum atomic E-state index is -0.540. The molecule has 1 aromatic rings. The number of rotatable bonds is 4. The summed E-state index contributed by atoms with van der Waals surface area (Å²) in [6, 6.07) is 5.06. The van der Waals surface area contributed by atoms with Crippen LogP contribution in [0.1, 0.15) is 51.0 Å². The maximum Gasteiger partial charge on any atom is 0.165 e. The highest BCUT2D eigenvalue weighted by Crippen LogP contribution is 2.25. The Kier molecular flexibility index (Phi) is 5.20. The third-order valence-corrected chi connectivity index (χ3v) is 4.25. The van der Waals surface area contributed by atoms with E-state index in [0.29, 0.717) is 12.6 Å². The summed E-state index contributed by atoms with van der Waals surface area (Å²) in [5.74, 6) is -0.0774. The highest BCUT2D eigenvalue weighted by molar-refractivity contribution is 5.27. The second-order valence-electron chi connectivity index (χ2n) is 5.71. The summed E-state index contributed by atoms with van der Waals surface area (Å²) in [4.78, 5) is 0. The molecular formula is C16H24FNO. The molecule has 0 spiro atoms. The fourth-order valence-electron chi connectivity index (χ4n) is 2.92. The van der Waals surface area contributed by atoms with Crippen molar-refractivity contribution in [2.45, 2.75) is 58.0 Å². The quantitative estimate of drug-likeness (QED) is 0.807. The van der Waals surface area contributed by atoms with Gasteiger partial charge in [-0.2, -0.15) is 0 Å². The van der Waals surface area contributed by atoms with E-state index in [1.165, 1.54) is 50.7 Å². The van der Waals surface area contributed by atoms with Crippen LogP contribution in [0.3, 0.4) is 0 Å². The van der Waals surface area contributed by atoms with Gasteiger partial charge >= 0.3 is 0 Å². The molecule has 1 aliphatic carbocycles. The Morgan fingerprint density at radius 1 is 1.26 bits per heavy atom. The van der Waals surface area contributed by atoms with E-state index in [4.69, 9.17) is 5.11 Å². The van der Waals surface area contributed by atoms with Crippen molar-refractivity contribution in [3.63, 3.8) is 0 Å². The van der Waals surface area contributed by atoms with Gasteiger partial charge in [-0.15, -0.1) is 0 Å². The average molecular weight is 265 g/mol. The molecule has 3 heteroatoms. The number of aromatic hydroxyl groups is 1. The molecule has 0 amide bonds. The van der Waals surface area contributed by atoms with Gasteiger partial charge in [-0.1, -0.05) is 31.7 Å². The van der Waals surface area contributed by atoms with Crippen molar-refractivity contribution in [1.29, 1.82) is 0 Å². The molecule has 2 nitrogen and oxygen atoms in total. The number of hydrogen-bond acceptors (Lipinski definition) is 2. The zero-order chi connectivity index (χ0) is 13.7. The number of halogens is 1. The van der Waals surface area contributed by atoms with E-state index in [1.54, 1.807) is 6.07 Å². The van der Waals surface area contributed by atoms with E-state index in [-0.39, 0.29) is 5.75 Å². The zero-order valence-electron chi connectivity index (χ0n) is 11.7. The van der Waals surface area contributed by atoms with Crippen molar-refractivity contribution in [2.75, 3.05) is 0 Å². The van der Waals surface area contributed by atoms with Crippen LogP contribution in [0.25, 0.3) is 0 Å². The third-order valence-electron chi connectivity index (χ3n) is 4.25. The lowest BCUT2D eigenvalue weighted by atomic mass is 9.93. The summed E-state index contributed by atoms with van der Waals surface area (Å²) < 4.78 is 13.2. The smallest absolute Gasteiger partial charge is 0.165 e. The van der Waals surface area contributed by atoms with E-state index in [2.05, 4.69) is 12.2 Å². The number of hydrogen-bond donors (Lipinski definition) is 2. The van der Waals surface area contributed by atoms with Crippen LogP contribution in [0, 0.1) is 11.7 Å². The molecular weight excluding hydrogens is 241 g/mol. The first kappa shape index (κ1) is 14.3. The molecule has 0 aromatic heterocycles. The van der Waals surface area contributed by atoms with Crippen molar-refractivity contribution in [1.82, 2.24) is 5.32 Å². The molecule has 0 heterocycles. The first-order chi connectivity index (χ1) is 9.16. The minimum Gasteiger partial charge on any atom is -0.505 e. The molecule has 0 saturated heterocycles. The molecule has 1 aromatic carbocycles. The fraction of sp³-hybridized carbons (Fsp3) is 0.625. The lowest BCUT2D eigenvalue weighted by Crippen LogP contribution is -2.32. The van der Waals surface area contributed by atoms with Crippen LogP contribution in [-0.4, -0.2) is 11.1 Å². The van der Waals surface area contributed by atoms with Gasteiger partial charge in [0.15, 0.2) is 11.6 Å². The van der Waals surface area contributed by atoms with E-state index in [9.17, 15) is 4.39 Å². The number of benzene rings is 1. The maximum atomic E-state index is 13.2. The van der Waals surface area contributed by atoms with Gasteiger partial charge in [0.25, 0.3) is 0 Å². The van der Waals surface area contributed by atoms with Crippen LogP contribution in [0.5, 0.6) is 5.75 Å². The normalized spacial score (nSPS) is 19.1. The molecule has 1 fully saturated rings. The molecule has 1 atom stereocenters. The average Bonchev–Trinajstić information content (AvgIpc) is 2.69. The zero-order valence-corrected chi connectivity index (χ0v) is 11.7. The Morgan fingerprint density at radius 3 is 2.58 bits per heavy atom. The van der Waals surface area contributed by atoms with Gasteiger partial charge in [-0.25, -0.2) is 4.39 Å². The molecule has 0 unspecified atom stereocenters. The topological polar surface area (TPSA) is 32.3 Å². The molecule has 2 rings (SSSR count). The summed E-state index contributed by atoms with van der Waals surface area (Å²) in [6.45, 7) is 2.89. The van der Waals surface area contributed by atoms with Crippen molar-refractivity contribution in [3.8, 4) is 5.75 Å². The summed E-state index contributed by atoms with van der Waals surface area (Å²) in [6.07, 6.45) is 8.02. The first-order valence-corrected chi connectivity index (χ1v) is 7.37. The standard InChI is InChI=1S/C16H24FNO/c1-12(14-6-4-2-3-5-7-14)18-11-13-8-9-16(19)15(17)10-13/h8-10,12,14,18-19H,2-7,11H2,1H3/t12-/m1/s1. The molecule has 106 valence electrons. The van der Waals surface area contributed by atoms with E-state index >= 15 is 0 Å². The van der Waals surface area contributed by atoms with Crippen molar-refractivity contribution in [3.05, 3.63) is 29.6 Å². The highest BCUT2D eigenvalue weighted by Gasteiger charge is 2.18. The van der Waals surface area contributed by atoms with Crippen LogP contribution in [-0.2, 0) is 6.54 Å². The number of phenols is 1. The fourth-order valence-corrected chi connectivity index (χ4v) is 2.92. The molecule has 19 heavy (non-hydrogen) atoms. The second-order valence-corrected chi connectivity index (χ2v) is 5.71. The Morgan fingerprint density at radius 2 is 1.95 bits per heavy atom. The second kappa shape index (κ2) is 6.90. The van der Waals surface area contributed by atoms with Crippen LogP contribution in [0.2, 0.25) is 0 Å². The van der Waals surface area contributed by atoms with Crippen LogP contribution in [0.15, 0.2) is 18.2 Å². The van der Waals surface area contributed by atoms with Crippen molar-refractivity contribution < 1.29 is 9.50 Å². The van der Waals surface area contributed by atoms with Gasteiger partial charge in [0.1, 0.15) is 0 Å². The summed E-state index contributed by atoms with van der Waals surface area (Å²) in [5, 5.41) is 12.7. The van der Waals surface area contributed by atoms with E-state index < -0.39 is 5.82 Å². The van der Waals surface area contributed by atoms with Crippen LogP contribution in [0.4, 0.5) is 4.39 Å². The molecule has 1 aliphatic rings. The van der Waals surface area contributed by atoms with Gasteiger partial charge in [0.2, 0.25) is 0 Å². The Hall–Kier alpha value is -1.09. The molecule has 0 bridgehead atoms. The molecule has 1 saturated carbocycles. The predicted molar refractivity (Wildman–Crippen MR) is 75.6 cm³/mol. The monoisotopic (exact) mass is 265 g/mol. The van der Waals surface area contributed by atoms with Gasteiger partial charge in [-0.3, -0.25) is 0 Å². The molecule has 0 aliphatic heterocycles. The summed E-state index contributed by atoms with van der Waals surface area (Å²) in [7, 11) is 0. The minimum absolute atomic E-state index is 0.277. The lowest BCUT2D eigenvalue weighted by Gasteiger charge is -2.23. The van der Waals surface area contributed by atoms with E-state index in [1.807, 2.05) is 0 Å². The van der Waals surface area contributed by atoms with Crippen molar-refractivity contribution in [2.24, 2.45) is 5.92 Å². The summed E-state index contributed by atoms with van der Waals surface area (Å²) in [5.41, 5.74) is 0.885. The van der Waals surface area contributed by atoms with E-state index in [0.717, 1.165) is 11.5 Å². The van der Waals surface area contributed by atoms with Gasteiger partial charge in [0.05, 0.1) is 0 Å². The predicted octanol–water partition coefficient (Wildman–Crippen LogP) is 3.98. The van der Waals surface area contributed by atoms with Crippen LogP contribution < -0.4 is 5.32 Å². The van der Waals surface area contributed by atoms with Crippen LogP contribution >= 0.6 is 0 Å². The van der Waals surface area contributed by atoms with Gasteiger partial charge in [0, 0.05) is 12.6 Å². The molecule has 0 radical (unpaired) electrons. The maximum absolute atomic E-state index is 13.2. The van der Waals surface area contributed by atoms with Gasteiger partial charge in [-0.05, 0) is 43.4 Å².